The molecule has 0 amide bonds. The normalized spacial score (nSPS) is 16.2. The van der Waals surface area contributed by atoms with Crippen molar-refractivity contribution in [3.05, 3.63) is 62.0 Å². The van der Waals surface area contributed by atoms with Gasteiger partial charge in [-0.1, -0.05) is 13.8 Å². The number of hydrogen-bond donors (Lipinski definition) is 0. The highest BCUT2D eigenvalue weighted by molar-refractivity contribution is 7.09. The van der Waals surface area contributed by atoms with Gasteiger partial charge >= 0.3 is 0 Å². The van der Waals surface area contributed by atoms with E-state index in [1.165, 1.54) is 16.6 Å². The molecule has 0 spiro atoms. The molecule has 4 heterocycles. The van der Waals surface area contributed by atoms with Crippen LogP contribution in [0.5, 0.6) is 5.88 Å². The van der Waals surface area contributed by atoms with Gasteiger partial charge in [0, 0.05) is 36.6 Å². The van der Waals surface area contributed by atoms with Crippen molar-refractivity contribution in [1.29, 1.82) is 5.26 Å². The Balaban J connectivity index is 1.59. The van der Waals surface area contributed by atoms with E-state index in [1.54, 1.807) is 17.5 Å². The summed E-state index contributed by atoms with van der Waals surface area (Å²) in [5.74, 6) is 0.964. The summed E-state index contributed by atoms with van der Waals surface area (Å²) in [5, 5.41) is 12.2. The van der Waals surface area contributed by atoms with Crippen LogP contribution in [0.1, 0.15) is 48.0 Å². The van der Waals surface area contributed by atoms with Gasteiger partial charge in [0.15, 0.2) is 0 Å². The second-order valence-electron chi connectivity index (χ2n) is 8.22. The van der Waals surface area contributed by atoms with Crippen molar-refractivity contribution in [2.45, 2.75) is 39.0 Å². The van der Waals surface area contributed by atoms with Gasteiger partial charge in [-0.15, -0.1) is 11.3 Å². The van der Waals surface area contributed by atoms with Crippen LogP contribution in [-0.2, 0) is 17.6 Å². The summed E-state index contributed by atoms with van der Waals surface area (Å²) < 4.78 is 12.8. The van der Waals surface area contributed by atoms with E-state index in [0.717, 1.165) is 42.1 Å². The molecule has 1 aliphatic heterocycles. The number of aryl methyl sites for hydroxylation is 2. The minimum atomic E-state index is -0.257. The van der Waals surface area contributed by atoms with E-state index in [0.29, 0.717) is 24.8 Å². The zero-order chi connectivity index (χ0) is 22.5. The molecule has 1 atom stereocenters. The molecule has 1 unspecified atom stereocenters. The van der Waals surface area contributed by atoms with Crippen molar-refractivity contribution in [3.63, 3.8) is 0 Å². The van der Waals surface area contributed by atoms with Crippen molar-refractivity contribution in [1.82, 2.24) is 14.4 Å². The molecule has 1 aliphatic rings. The molecule has 3 aromatic rings. The Morgan fingerprint density at radius 3 is 3.00 bits per heavy atom. The number of hydrogen-bond acceptors (Lipinski definition) is 7. The molecule has 0 N–H and O–H groups in total. The maximum absolute atomic E-state index is 13.1. The summed E-state index contributed by atoms with van der Waals surface area (Å²) in [6, 6.07) is 5.78. The molecule has 0 aliphatic carbocycles. The van der Waals surface area contributed by atoms with E-state index in [2.05, 4.69) is 24.2 Å². The molecular formula is C24H26N4O3S. The fourth-order valence-electron chi connectivity index (χ4n) is 3.57. The number of rotatable bonds is 8. The third-order valence-electron chi connectivity index (χ3n) is 5.49. The molecule has 0 radical (unpaired) electrons. The fourth-order valence-corrected chi connectivity index (χ4v) is 4.53. The number of aromatic nitrogens is 3. The smallest absolute Gasteiger partial charge is 0.269 e. The third kappa shape index (κ3) is 5.06. The Kier molecular flexibility index (Phi) is 6.98. The number of pyridine rings is 1. The van der Waals surface area contributed by atoms with Crippen LogP contribution in [0.15, 0.2) is 34.6 Å². The van der Waals surface area contributed by atoms with E-state index >= 15 is 0 Å². The van der Waals surface area contributed by atoms with E-state index in [-0.39, 0.29) is 22.9 Å². The lowest BCUT2D eigenvalue weighted by Crippen LogP contribution is -2.21. The van der Waals surface area contributed by atoms with E-state index in [9.17, 15) is 4.79 Å². The summed E-state index contributed by atoms with van der Waals surface area (Å²) >= 11 is 1.69. The Morgan fingerprint density at radius 2 is 2.28 bits per heavy atom. The van der Waals surface area contributed by atoms with Crippen LogP contribution in [0.3, 0.4) is 0 Å². The second kappa shape index (κ2) is 10.1. The summed E-state index contributed by atoms with van der Waals surface area (Å²) in [6.07, 6.45) is 7.04. The first-order chi connectivity index (χ1) is 15.5. The van der Waals surface area contributed by atoms with Gasteiger partial charge in [-0.3, -0.25) is 9.20 Å². The average molecular weight is 451 g/mol. The number of allylic oxidation sites excluding steroid dienone is 1. The number of fused-ring (bicyclic) bond motifs is 1. The maximum Gasteiger partial charge on any atom is 0.269 e. The van der Waals surface area contributed by atoms with Crippen LogP contribution in [0.2, 0.25) is 0 Å². The van der Waals surface area contributed by atoms with Crippen molar-refractivity contribution in [3.8, 4) is 11.9 Å². The lowest BCUT2D eigenvalue weighted by atomic mass is 10.1. The largest absolute Gasteiger partial charge is 0.477 e. The van der Waals surface area contributed by atoms with Crippen molar-refractivity contribution in [2.24, 2.45) is 5.92 Å². The molecule has 0 bridgehead atoms. The lowest BCUT2D eigenvalue weighted by molar-refractivity contribution is 0.165. The molecule has 3 aromatic heterocycles. The van der Waals surface area contributed by atoms with Gasteiger partial charge in [0.1, 0.15) is 11.2 Å². The number of thiazole rings is 1. The minimum absolute atomic E-state index is 0.257. The zero-order valence-electron chi connectivity index (χ0n) is 18.3. The van der Waals surface area contributed by atoms with E-state index in [1.807, 2.05) is 18.2 Å². The van der Waals surface area contributed by atoms with Crippen LogP contribution in [0.25, 0.3) is 11.7 Å². The lowest BCUT2D eigenvalue weighted by Gasteiger charge is -2.13. The molecule has 32 heavy (non-hydrogen) atoms. The zero-order valence-corrected chi connectivity index (χ0v) is 19.1. The molecule has 0 saturated carbocycles. The predicted molar refractivity (Wildman–Crippen MR) is 124 cm³/mol. The van der Waals surface area contributed by atoms with Crippen molar-refractivity contribution >= 4 is 23.1 Å². The van der Waals surface area contributed by atoms with Crippen LogP contribution in [0, 0.1) is 17.2 Å². The Bertz CT molecular complexity index is 1220. The van der Waals surface area contributed by atoms with Crippen LogP contribution in [0.4, 0.5) is 0 Å². The molecule has 4 rings (SSSR count). The van der Waals surface area contributed by atoms with Crippen molar-refractivity contribution < 1.29 is 9.47 Å². The van der Waals surface area contributed by atoms with Gasteiger partial charge in [0.2, 0.25) is 5.88 Å². The standard InChI is InChI=1S/C24H26N4O3S/c1-16(2)20-15-32-22(26-20)6-5-17-7-10-28-21(12-17)27-23(19(24(28)29)4-3-9-25)31-14-18-8-11-30-13-18/h3-4,7,10,12,15-16,18H,5-6,8,11,13-14H2,1-2H3. The summed E-state index contributed by atoms with van der Waals surface area (Å²) in [7, 11) is 0. The monoisotopic (exact) mass is 450 g/mol. The highest BCUT2D eigenvalue weighted by Crippen LogP contribution is 2.21. The van der Waals surface area contributed by atoms with Gasteiger partial charge in [-0.05, 0) is 42.5 Å². The highest BCUT2D eigenvalue weighted by Gasteiger charge is 2.19. The van der Waals surface area contributed by atoms with Gasteiger partial charge < -0.3 is 9.47 Å². The quantitative estimate of drug-likeness (QED) is 0.482. The van der Waals surface area contributed by atoms with Gasteiger partial charge in [0.25, 0.3) is 5.56 Å². The van der Waals surface area contributed by atoms with Gasteiger partial charge in [0.05, 0.1) is 30.0 Å². The summed E-state index contributed by atoms with van der Waals surface area (Å²) in [4.78, 5) is 22.4. The first-order valence-corrected chi connectivity index (χ1v) is 11.7. The molecule has 166 valence electrons. The molecule has 1 fully saturated rings. The number of nitrogens with zero attached hydrogens (tertiary/aromatic N) is 4. The number of ether oxygens (including phenoxy) is 2. The summed E-state index contributed by atoms with van der Waals surface area (Å²) in [5.41, 5.74) is 2.76. The molecule has 7 nitrogen and oxygen atoms in total. The molecular weight excluding hydrogens is 424 g/mol. The van der Waals surface area contributed by atoms with E-state index in [4.69, 9.17) is 19.7 Å². The van der Waals surface area contributed by atoms with Crippen molar-refractivity contribution in [2.75, 3.05) is 19.8 Å². The predicted octanol–water partition coefficient (Wildman–Crippen LogP) is 4.01. The Morgan fingerprint density at radius 1 is 1.41 bits per heavy atom. The first-order valence-electron chi connectivity index (χ1n) is 10.8. The van der Waals surface area contributed by atoms with Crippen LogP contribution >= 0.6 is 11.3 Å². The highest BCUT2D eigenvalue weighted by atomic mass is 32.1. The van der Waals surface area contributed by atoms with Crippen LogP contribution in [-0.4, -0.2) is 34.2 Å². The Labute approximate surface area is 191 Å². The average Bonchev–Trinajstić information content (AvgIpc) is 3.48. The van der Waals surface area contributed by atoms with E-state index < -0.39 is 0 Å². The second-order valence-corrected chi connectivity index (χ2v) is 9.17. The summed E-state index contributed by atoms with van der Waals surface area (Å²) in [6.45, 7) is 6.09. The number of nitriles is 1. The van der Waals surface area contributed by atoms with Crippen LogP contribution < -0.4 is 10.3 Å². The Hall–Kier alpha value is -3.02. The maximum atomic E-state index is 13.1. The third-order valence-corrected chi connectivity index (χ3v) is 6.41. The van der Waals surface area contributed by atoms with Gasteiger partial charge in [-0.2, -0.15) is 10.2 Å². The minimum Gasteiger partial charge on any atom is -0.477 e. The topological polar surface area (TPSA) is 89.5 Å². The van der Waals surface area contributed by atoms with Gasteiger partial charge in [-0.25, -0.2) is 4.98 Å². The molecule has 0 aromatic carbocycles. The SMILES string of the molecule is CC(C)c1csc(CCc2ccn3c(=O)c(C=CC#N)c(OCC4CCOC4)nc3c2)n1. The fraction of sp³-hybridized carbons (Fsp3) is 0.417. The first kappa shape index (κ1) is 22.2. The molecule has 8 heteroatoms. The molecule has 1 saturated heterocycles.